The zero-order chi connectivity index (χ0) is 14.8. The Morgan fingerprint density at radius 3 is 2.90 bits per heavy atom. The molecule has 3 aromatic rings. The van der Waals surface area contributed by atoms with Gasteiger partial charge in [-0.15, -0.1) is 23.1 Å². The fourth-order valence-electron chi connectivity index (χ4n) is 2.16. The number of fused-ring (bicyclic) bond motifs is 1. The highest BCUT2D eigenvalue weighted by molar-refractivity contribution is 7.98. The normalized spacial score (nSPS) is 11.0. The van der Waals surface area contributed by atoms with E-state index in [0.717, 1.165) is 26.3 Å². The molecule has 2 heterocycles. The second-order valence-corrected chi connectivity index (χ2v) is 6.58. The maximum atomic E-state index is 12.0. The predicted octanol–water partition coefficient (Wildman–Crippen LogP) is 3.70. The van der Waals surface area contributed by atoms with Gasteiger partial charge in [-0.2, -0.15) is 0 Å². The van der Waals surface area contributed by atoms with Gasteiger partial charge < -0.3 is 4.42 Å². The van der Waals surface area contributed by atoms with E-state index in [0.29, 0.717) is 10.6 Å². The van der Waals surface area contributed by atoms with Crippen LogP contribution in [0.1, 0.15) is 21.0 Å². The molecule has 0 saturated heterocycles. The smallest absolute Gasteiger partial charge is 0.275 e. The van der Waals surface area contributed by atoms with Crippen molar-refractivity contribution in [1.29, 1.82) is 0 Å². The van der Waals surface area contributed by atoms with E-state index in [9.17, 15) is 4.79 Å². The second kappa shape index (κ2) is 5.93. The fourth-order valence-corrected chi connectivity index (χ4v) is 4.38. The van der Waals surface area contributed by atoms with Crippen molar-refractivity contribution in [3.8, 4) is 0 Å². The number of nitrogen functional groups attached to an aromatic ring is 1. The average Bonchev–Trinajstić information content (AvgIpc) is 3.08. The second-order valence-electron chi connectivity index (χ2n) is 4.51. The third kappa shape index (κ3) is 2.70. The number of carbonyl (C=O) groups is 1. The summed E-state index contributed by atoms with van der Waals surface area (Å²) >= 11 is 3.13. The number of rotatable bonds is 4. The largest absolute Gasteiger partial charge is 0.468 e. The molecule has 0 bridgehead atoms. The van der Waals surface area contributed by atoms with Crippen molar-refractivity contribution in [2.24, 2.45) is 5.84 Å². The van der Waals surface area contributed by atoms with E-state index in [1.807, 2.05) is 37.3 Å². The molecule has 4 nitrogen and oxygen atoms in total. The number of benzene rings is 1. The number of nitrogens with one attached hydrogen (secondary N) is 1. The van der Waals surface area contributed by atoms with E-state index >= 15 is 0 Å². The minimum Gasteiger partial charge on any atom is -0.468 e. The van der Waals surface area contributed by atoms with E-state index in [4.69, 9.17) is 10.3 Å². The summed E-state index contributed by atoms with van der Waals surface area (Å²) in [5, 5.41) is 1.11. The molecule has 3 N–H and O–H groups in total. The molecule has 0 radical (unpaired) electrons. The van der Waals surface area contributed by atoms with Crippen molar-refractivity contribution >= 4 is 39.1 Å². The number of thiophene rings is 1. The van der Waals surface area contributed by atoms with Crippen LogP contribution >= 0.6 is 23.1 Å². The number of nitrogens with two attached hydrogens (primary N) is 1. The molecule has 0 fully saturated rings. The molecule has 6 heteroatoms. The first kappa shape index (κ1) is 14.2. The number of carbonyl (C=O) groups excluding carboxylic acids is 1. The van der Waals surface area contributed by atoms with Crippen LogP contribution in [0, 0.1) is 6.92 Å². The van der Waals surface area contributed by atoms with Gasteiger partial charge in [0.1, 0.15) is 5.76 Å². The van der Waals surface area contributed by atoms with Crippen LogP contribution in [-0.4, -0.2) is 5.91 Å². The molecule has 0 aliphatic heterocycles. The highest BCUT2D eigenvalue weighted by atomic mass is 32.2. The summed E-state index contributed by atoms with van der Waals surface area (Å²) in [5.41, 5.74) is 3.25. The monoisotopic (exact) mass is 318 g/mol. The molecule has 108 valence electrons. The number of hydrazine groups is 1. The van der Waals surface area contributed by atoms with E-state index in [2.05, 4.69) is 5.43 Å². The van der Waals surface area contributed by atoms with Gasteiger partial charge in [0.2, 0.25) is 0 Å². The third-order valence-electron chi connectivity index (χ3n) is 3.22. The third-order valence-corrected chi connectivity index (χ3v) is 5.60. The number of hydrogen-bond donors (Lipinski definition) is 2. The molecule has 3 rings (SSSR count). The van der Waals surface area contributed by atoms with Gasteiger partial charge >= 0.3 is 0 Å². The Balaban J connectivity index is 1.99. The average molecular weight is 318 g/mol. The van der Waals surface area contributed by atoms with Crippen LogP contribution in [0.5, 0.6) is 0 Å². The SMILES string of the molecule is Cc1occc1SCc1c(C(=O)NN)sc2ccccc12. The van der Waals surface area contributed by atoms with E-state index < -0.39 is 0 Å². The minimum atomic E-state index is -0.240. The van der Waals surface area contributed by atoms with Crippen molar-refractivity contribution in [2.75, 3.05) is 0 Å². The molecule has 1 aromatic carbocycles. The maximum Gasteiger partial charge on any atom is 0.275 e. The Labute approximate surface area is 130 Å². The van der Waals surface area contributed by atoms with E-state index in [-0.39, 0.29) is 5.91 Å². The van der Waals surface area contributed by atoms with Gasteiger partial charge in [-0.25, -0.2) is 5.84 Å². The fraction of sp³-hybridized carbons (Fsp3) is 0.133. The molecule has 1 amide bonds. The van der Waals surface area contributed by atoms with Gasteiger partial charge in [0, 0.05) is 15.3 Å². The van der Waals surface area contributed by atoms with E-state index in [1.165, 1.54) is 11.3 Å². The molecular weight excluding hydrogens is 304 g/mol. The van der Waals surface area contributed by atoms with Crippen molar-refractivity contribution in [3.05, 3.63) is 52.8 Å². The van der Waals surface area contributed by atoms with Crippen LogP contribution in [0.15, 0.2) is 45.9 Å². The van der Waals surface area contributed by atoms with Gasteiger partial charge in [-0.05, 0) is 30.0 Å². The summed E-state index contributed by atoms with van der Waals surface area (Å²) < 4.78 is 6.40. The number of furan rings is 1. The Kier molecular flexibility index (Phi) is 4.01. The van der Waals surface area contributed by atoms with Gasteiger partial charge in [-0.3, -0.25) is 10.2 Å². The minimum absolute atomic E-state index is 0.240. The lowest BCUT2D eigenvalue weighted by Gasteiger charge is -2.03. The zero-order valence-electron chi connectivity index (χ0n) is 11.4. The lowest BCUT2D eigenvalue weighted by atomic mass is 10.1. The quantitative estimate of drug-likeness (QED) is 0.333. The molecule has 2 aromatic heterocycles. The van der Waals surface area contributed by atoms with Crippen molar-refractivity contribution in [2.45, 2.75) is 17.6 Å². The molecule has 0 spiro atoms. The van der Waals surface area contributed by atoms with Crippen LogP contribution in [0.3, 0.4) is 0 Å². The highest BCUT2D eigenvalue weighted by Crippen LogP contribution is 2.36. The molecule has 0 atom stereocenters. The van der Waals surface area contributed by atoms with Gasteiger partial charge in [0.15, 0.2) is 0 Å². The van der Waals surface area contributed by atoms with Gasteiger partial charge in [0.05, 0.1) is 11.1 Å². The summed E-state index contributed by atoms with van der Waals surface area (Å²) in [4.78, 5) is 13.7. The van der Waals surface area contributed by atoms with Crippen molar-refractivity contribution < 1.29 is 9.21 Å². The highest BCUT2D eigenvalue weighted by Gasteiger charge is 2.18. The molecule has 0 aliphatic rings. The van der Waals surface area contributed by atoms with Gasteiger partial charge in [0.25, 0.3) is 5.91 Å². The first-order chi connectivity index (χ1) is 10.2. The Hall–Kier alpha value is -1.76. The molecule has 0 saturated carbocycles. The summed E-state index contributed by atoms with van der Waals surface area (Å²) in [5.74, 6) is 6.65. The first-order valence-electron chi connectivity index (χ1n) is 6.39. The first-order valence-corrected chi connectivity index (χ1v) is 8.19. The van der Waals surface area contributed by atoms with E-state index in [1.54, 1.807) is 18.0 Å². The lowest BCUT2D eigenvalue weighted by molar-refractivity contribution is 0.0957. The van der Waals surface area contributed by atoms with Crippen molar-refractivity contribution in [3.63, 3.8) is 0 Å². The topological polar surface area (TPSA) is 68.3 Å². The van der Waals surface area contributed by atoms with Gasteiger partial charge in [-0.1, -0.05) is 18.2 Å². The number of hydrogen-bond acceptors (Lipinski definition) is 5. The Morgan fingerprint density at radius 1 is 1.38 bits per heavy atom. The summed E-state index contributed by atoms with van der Waals surface area (Å²) in [6.07, 6.45) is 1.68. The maximum absolute atomic E-state index is 12.0. The molecular formula is C15H14N2O2S2. The Morgan fingerprint density at radius 2 is 2.19 bits per heavy atom. The zero-order valence-corrected chi connectivity index (χ0v) is 13.0. The van der Waals surface area contributed by atoms with Crippen LogP contribution in [-0.2, 0) is 5.75 Å². The number of amides is 1. The Bertz CT molecular complexity index is 792. The van der Waals surface area contributed by atoms with Crippen molar-refractivity contribution in [1.82, 2.24) is 5.43 Å². The van der Waals surface area contributed by atoms with Crippen LogP contribution < -0.4 is 11.3 Å². The summed E-state index contributed by atoms with van der Waals surface area (Å²) in [6, 6.07) is 9.95. The van der Waals surface area contributed by atoms with Crippen LogP contribution in [0.4, 0.5) is 0 Å². The molecule has 0 aliphatic carbocycles. The summed E-state index contributed by atoms with van der Waals surface area (Å²) in [7, 11) is 0. The lowest BCUT2D eigenvalue weighted by Crippen LogP contribution is -2.29. The predicted molar refractivity (Wildman–Crippen MR) is 86.5 cm³/mol. The molecule has 21 heavy (non-hydrogen) atoms. The van der Waals surface area contributed by atoms with Crippen LogP contribution in [0.25, 0.3) is 10.1 Å². The van der Waals surface area contributed by atoms with Crippen LogP contribution in [0.2, 0.25) is 0 Å². The number of aryl methyl sites for hydroxylation is 1. The summed E-state index contributed by atoms with van der Waals surface area (Å²) in [6.45, 7) is 1.93. The number of thioether (sulfide) groups is 1. The standard InChI is InChI=1S/C15H14N2O2S2/c1-9-12(6-7-19-9)20-8-11-10-4-2-3-5-13(10)21-14(11)15(18)17-16/h2-7H,8,16H2,1H3,(H,17,18). The molecule has 0 unspecified atom stereocenters.